The molecule has 1 atom stereocenters. The van der Waals surface area contributed by atoms with Gasteiger partial charge in [-0.2, -0.15) is 0 Å². The van der Waals surface area contributed by atoms with Crippen molar-refractivity contribution >= 4 is 5.97 Å². The Hall–Kier alpha value is -1.01. The molecule has 0 bridgehead atoms. The van der Waals surface area contributed by atoms with E-state index in [9.17, 15) is 4.79 Å². The lowest BCUT2D eigenvalue weighted by Gasteiger charge is -2.07. The summed E-state index contributed by atoms with van der Waals surface area (Å²) in [4.78, 5) is 10.7. The molecule has 0 fully saturated rings. The molecule has 3 heteroatoms. The Balaban J connectivity index is 3.53. The molecular formula is C7H11NO2. The standard InChI is InChI=1S/C7H11NO2/c1-4-5-8-6(2)7(9)10-3/h1,6,8H,5H2,2-3H3/t6-/m0/s1. The van der Waals surface area contributed by atoms with E-state index in [1.165, 1.54) is 7.11 Å². The topological polar surface area (TPSA) is 38.3 Å². The Morgan fingerprint density at radius 2 is 2.50 bits per heavy atom. The predicted octanol–water partition coefficient (Wildman–Crippen LogP) is -0.229. The van der Waals surface area contributed by atoms with Gasteiger partial charge in [0.05, 0.1) is 13.7 Å². The van der Waals surface area contributed by atoms with Crippen molar-refractivity contribution in [3.63, 3.8) is 0 Å². The van der Waals surface area contributed by atoms with E-state index in [1.54, 1.807) is 6.92 Å². The molecule has 10 heavy (non-hydrogen) atoms. The second kappa shape index (κ2) is 4.83. The molecule has 3 nitrogen and oxygen atoms in total. The molecule has 0 aromatic heterocycles. The maximum absolute atomic E-state index is 10.7. The van der Waals surface area contributed by atoms with Gasteiger partial charge in [-0.05, 0) is 6.92 Å². The van der Waals surface area contributed by atoms with Gasteiger partial charge in [-0.1, -0.05) is 5.92 Å². The van der Waals surface area contributed by atoms with Gasteiger partial charge in [0.15, 0.2) is 0 Å². The van der Waals surface area contributed by atoms with E-state index >= 15 is 0 Å². The minimum absolute atomic E-state index is 0.296. The zero-order chi connectivity index (χ0) is 7.98. The van der Waals surface area contributed by atoms with Crippen LogP contribution < -0.4 is 5.32 Å². The fraction of sp³-hybridized carbons (Fsp3) is 0.571. The van der Waals surface area contributed by atoms with E-state index in [0.717, 1.165) is 0 Å². The number of terminal acetylenes is 1. The highest BCUT2D eigenvalue weighted by atomic mass is 16.5. The van der Waals surface area contributed by atoms with Crippen molar-refractivity contribution in [2.24, 2.45) is 0 Å². The summed E-state index contributed by atoms with van der Waals surface area (Å²) in [5.74, 6) is 2.06. The average molecular weight is 141 g/mol. The molecule has 0 amide bonds. The third kappa shape index (κ3) is 3.10. The molecule has 0 heterocycles. The maximum Gasteiger partial charge on any atom is 0.322 e. The molecule has 0 aliphatic rings. The normalized spacial score (nSPS) is 11.7. The van der Waals surface area contributed by atoms with Gasteiger partial charge in [0, 0.05) is 0 Å². The van der Waals surface area contributed by atoms with Crippen LogP contribution in [0.15, 0.2) is 0 Å². The molecule has 0 aliphatic heterocycles. The molecule has 0 aromatic carbocycles. The second-order valence-corrected chi connectivity index (χ2v) is 1.83. The maximum atomic E-state index is 10.7. The Morgan fingerprint density at radius 3 is 2.90 bits per heavy atom. The van der Waals surface area contributed by atoms with E-state index in [2.05, 4.69) is 16.0 Å². The Bertz CT molecular complexity index is 148. The van der Waals surface area contributed by atoms with Gasteiger partial charge in [0.2, 0.25) is 0 Å². The Morgan fingerprint density at radius 1 is 1.90 bits per heavy atom. The van der Waals surface area contributed by atoms with E-state index < -0.39 is 0 Å². The summed E-state index contributed by atoms with van der Waals surface area (Å²) in [7, 11) is 1.34. The van der Waals surface area contributed by atoms with Crippen molar-refractivity contribution < 1.29 is 9.53 Å². The van der Waals surface area contributed by atoms with Gasteiger partial charge < -0.3 is 4.74 Å². The molecule has 0 saturated heterocycles. The van der Waals surface area contributed by atoms with Crippen molar-refractivity contribution in [2.45, 2.75) is 13.0 Å². The van der Waals surface area contributed by atoms with Crippen molar-refractivity contribution in [3.05, 3.63) is 0 Å². The van der Waals surface area contributed by atoms with Crippen LogP contribution in [0.2, 0.25) is 0 Å². The summed E-state index contributed by atoms with van der Waals surface area (Å²) in [6.07, 6.45) is 4.95. The van der Waals surface area contributed by atoms with Gasteiger partial charge in [0.25, 0.3) is 0 Å². The predicted molar refractivity (Wildman–Crippen MR) is 38.3 cm³/mol. The van der Waals surface area contributed by atoms with Crippen LogP contribution in [0.4, 0.5) is 0 Å². The van der Waals surface area contributed by atoms with Crippen LogP contribution in [-0.2, 0) is 9.53 Å². The molecule has 0 aromatic rings. The van der Waals surface area contributed by atoms with Crippen LogP contribution in [0, 0.1) is 12.3 Å². The van der Waals surface area contributed by atoms with E-state index in [0.29, 0.717) is 6.54 Å². The molecular weight excluding hydrogens is 130 g/mol. The molecule has 0 radical (unpaired) electrons. The molecule has 0 spiro atoms. The largest absolute Gasteiger partial charge is 0.468 e. The first kappa shape index (κ1) is 8.99. The summed E-state index contributed by atoms with van der Waals surface area (Å²) in [6, 6.07) is -0.318. The van der Waals surface area contributed by atoms with Gasteiger partial charge in [0.1, 0.15) is 6.04 Å². The number of carbonyl (C=O) groups excluding carboxylic acids is 1. The number of ether oxygens (including phenoxy) is 1. The third-order valence-electron chi connectivity index (χ3n) is 1.07. The average Bonchev–Trinajstić information content (AvgIpc) is 1.98. The van der Waals surface area contributed by atoms with E-state index in [4.69, 9.17) is 6.42 Å². The van der Waals surface area contributed by atoms with Gasteiger partial charge in [-0.25, -0.2) is 0 Å². The number of rotatable bonds is 3. The van der Waals surface area contributed by atoms with Crippen LogP contribution in [0.25, 0.3) is 0 Å². The monoisotopic (exact) mass is 141 g/mol. The fourth-order valence-corrected chi connectivity index (χ4v) is 0.472. The van der Waals surface area contributed by atoms with Crippen molar-refractivity contribution in [2.75, 3.05) is 13.7 Å². The zero-order valence-electron chi connectivity index (χ0n) is 6.18. The first-order valence-corrected chi connectivity index (χ1v) is 2.97. The van der Waals surface area contributed by atoms with Gasteiger partial charge in [-0.3, -0.25) is 10.1 Å². The van der Waals surface area contributed by atoms with Crippen LogP contribution in [0.1, 0.15) is 6.92 Å². The zero-order valence-corrected chi connectivity index (χ0v) is 6.18. The first-order valence-electron chi connectivity index (χ1n) is 2.97. The lowest BCUT2D eigenvalue weighted by Crippen LogP contribution is -2.34. The summed E-state index contributed by atoms with van der Waals surface area (Å²) < 4.78 is 4.44. The van der Waals surface area contributed by atoms with Crippen LogP contribution in [0.3, 0.4) is 0 Å². The lowest BCUT2D eigenvalue weighted by atomic mass is 10.3. The third-order valence-corrected chi connectivity index (χ3v) is 1.07. The quantitative estimate of drug-likeness (QED) is 0.436. The molecule has 0 unspecified atom stereocenters. The number of nitrogens with one attached hydrogen (secondary N) is 1. The SMILES string of the molecule is C#CCN[C@@H](C)C(=O)OC. The Kier molecular flexibility index (Phi) is 4.34. The number of esters is 1. The van der Waals surface area contributed by atoms with Gasteiger partial charge in [-0.15, -0.1) is 6.42 Å². The molecule has 56 valence electrons. The number of methoxy groups -OCH3 is 1. The Labute approximate surface area is 60.8 Å². The summed E-state index contributed by atoms with van der Waals surface area (Å²) in [6.45, 7) is 2.08. The molecule has 0 aliphatic carbocycles. The van der Waals surface area contributed by atoms with Crippen molar-refractivity contribution in [3.8, 4) is 12.3 Å². The highest BCUT2D eigenvalue weighted by Gasteiger charge is 2.09. The second-order valence-electron chi connectivity index (χ2n) is 1.83. The van der Waals surface area contributed by atoms with Crippen LogP contribution in [0.5, 0.6) is 0 Å². The molecule has 0 rings (SSSR count). The number of carbonyl (C=O) groups is 1. The summed E-state index contributed by atoms with van der Waals surface area (Å²) in [5, 5.41) is 2.77. The molecule has 1 N–H and O–H groups in total. The minimum Gasteiger partial charge on any atom is -0.468 e. The summed E-state index contributed by atoms with van der Waals surface area (Å²) in [5.41, 5.74) is 0. The van der Waals surface area contributed by atoms with Crippen LogP contribution >= 0.6 is 0 Å². The van der Waals surface area contributed by atoms with E-state index in [-0.39, 0.29) is 12.0 Å². The van der Waals surface area contributed by atoms with Gasteiger partial charge >= 0.3 is 5.97 Å². The smallest absolute Gasteiger partial charge is 0.322 e. The number of hydrogen-bond acceptors (Lipinski definition) is 3. The summed E-state index contributed by atoms with van der Waals surface area (Å²) >= 11 is 0. The van der Waals surface area contributed by atoms with Crippen LogP contribution in [-0.4, -0.2) is 25.7 Å². The van der Waals surface area contributed by atoms with Crippen molar-refractivity contribution in [1.29, 1.82) is 0 Å². The fourth-order valence-electron chi connectivity index (χ4n) is 0.472. The highest BCUT2D eigenvalue weighted by molar-refractivity contribution is 5.75. The number of hydrogen-bond donors (Lipinski definition) is 1. The lowest BCUT2D eigenvalue weighted by molar-refractivity contribution is -0.142. The first-order chi connectivity index (χ1) is 4.72. The molecule has 0 saturated carbocycles. The minimum atomic E-state index is -0.318. The van der Waals surface area contributed by atoms with Crippen molar-refractivity contribution in [1.82, 2.24) is 5.32 Å². The van der Waals surface area contributed by atoms with E-state index in [1.807, 2.05) is 0 Å². The highest BCUT2D eigenvalue weighted by Crippen LogP contribution is 1.83.